The van der Waals surface area contributed by atoms with Crippen LogP contribution < -0.4 is 15.0 Å². The number of aryl methyl sites for hydroxylation is 1. The molecule has 2 rings (SSSR count). The Labute approximate surface area is 176 Å². The van der Waals surface area contributed by atoms with Gasteiger partial charge in [0.25, 0.3) is 5.88 Å². The van der Waals surface area contributed by atoms with Crippen molar-refractivity contribution in [1.29, 1.82) is 0 Å². The van der Waals surface area contributed by atoms with E-state index >= 15 is 0 Å². The maximum Gasteiger partial charge on any atom is 0.257 e. The first kappa shape index (κ1) is 22.9. The van der Waals surface area contributed by atoms with E-state index in [9.17, 15) is 0 Å². The van der Waals surface area contributed by atoms with Crippen molar-refractivity contribution in [2.24, 2.45) is 0 Å². The smallest absolute Gasteiger partial charge is 0.257 e. The van der Waals surface area contributed by atoms with Gasteiger partial charge in [-0.3, -0.25) is 0 Å². The first-order valence-electron chi connectivity index (χ1n) is 10.9. The fraction of sp³-hybridized carbons (Fsp3) is 0.609. The number of nitrogens with zero attached hydrogens (tertiary/aromatic N) is 4. The molecule has 0 aliphatic heterocycles. The molecule has 0 aliphatic carbocycles. The first-order valence-corrected chi connectivity index (χ1v) is 10.9. The first-order chi connectivity index (χ1) is 13.9. The normalized spacial score (nSPS) is 11.2. The monoisotopic (exact) mass is 399 g/mol. The molecular formula is C23H37N5O. The number of ether oxygens (including phenoxy) is 1. The van der Waals surface area contributed by atoms with Crippen molar-refractivity contribution >= 4 is 11.6 Å². The number of aromatic nitrogens is 3. The Balaban J connectivity index is 2.64. The predicted octanol–water partition coefficient (Wildman–Crippen LogP) is 5.29. The molecule has 6 heteroatoms. The van der Waals surface area contributed by atoms with Crippen LogP contribution >= 0.6 is 0 Å². The minimum atomic E-state index is 0.140. The van der Waals surface area contributed by atoms with Crippen LogP contribution in [-0.4, -0.2) is 41.7 Å². The lowest BCUT2D eigenvalue weighted by molar-refractivity contribution is 0.185. The van der Waals surface area contributed by atoms with Gasteiger partial charge in [0.2, 0.25) is 0 Å². The van der Waals surface area contributed by atoms with Crippen LogP contribution in [0.25, 0.3) is 11.3 Å². The highest BCUT2D eigenvalue weighted by Crippen LogP contribution is 2.34. The highest BCUT2D eigenvalue weighted by Gasteiger charge is 2.21. The van der Waals surface area contributed by atoms with E-state index in [0.29, 0.717) is 17.6 Å². The third-order valence-corrected chi connectivity index (χ3v) is 5.28. The second kappa shape index (κ2) is 10.4. The topological polar surface area (TPSA) is 63.2 Å². The molecule has 0 bridgehead atoms. The highest BCUT2D eigenvalue weighted by atomic mass is 16.5. The van der Waals surface area contributed by atoms with E-state index in [1.54, 1.807) is 0 Å². The minimum absolute atomic E-state index is 0.140. The van der Waals surface area contributed by atoms with E-state index < -0.39 is 0 Å². The van der Waals surface area contributed by atoms with Crippen molar-refractivity contribution < 1.29 is 4.74 Å². The van der Waals surface area contributed by atoms with Crippen LogP contribution in [0.1, 0.15) is 71.7 Å². The molecule has 0 aliphatic rings. The van der Waals surface area contributed by atoms with E-state index in [1.807, 2.05) is 7.05 Å². The van der Waals surface area contributed by atoms with Crippen molar-refractivity contribution in [3.8, 4) is 17.1 Å². The summed E-state index contributed by atoms with van der Waals surface area (Å²) in [5, 5.41) is 3.17. The molecule has 0 saturated carbocycles. The van der Waals surface area contributed by atoms with Gasteiger partial charge in [0.1, 0.15) is 11.9 Å². The zero-order valence-electron chi connectivity index (χ0n) is 19.3. The highest BCUT2D eigenvalue weighted by molar-refractivity contribution is 5.76. The Kier molecular flexibility index (Phi) is 8.23. The van der Waals surface area contributed by atoms with Crippen molar-refractivity contribution in [1.82, 2.24) is 15.0 Å². The average Bonchev–Trinajstić information content (AvgIpc) is 2.75. The van der Waals surface area contributed by atoms with Crippen molar-refractivity contribution in [3.63, 3.8) is 0 Å². The summed E-state index contributed by atoms with van der Waals surface area (Å²) in [6, 6.07) is 4.23. The van der Waals surface area contributed by atoms with E-state index in [-0.39, 0.29) is 6.10 Å². The molecule has 0 spiro atoms. The van der Waals surface area contributed by atoms with E-state index in [4.69, 9.17) is 19.7 Å². The average molecular weight is 400 g/mol. The summed E-state index contributed by atoms with van der Waals surface area (Å²) < 4.78 is 6.16. The summed E-state index contributed by atoms with van der Waals surface area (Å²) in [6.45, 7) is 13.7. The van der Waals surface area contributed by atoms with Gasteiger partial charge in [-0.1, -0.05) is 34.6 Å². The Bertz CT molecular complexity index is 802. The molecule has 1 N–H and O–H groups in total. The third kappa shape index (κ3) is 5.17. The molecule has 2 aromatic heterocycles. The second-order valence-electron chi connectivity index (χ2n) is 7.61. The van der Waals surface area contributed by atoms with E-state index in [0.717, 1.165) is 54.3 Å². The third-order valence-electron chi connectivity index (χ3n) is 5.28. The summed E-state index contributed by atoms with van der Waals surface area (Å²) in [7, 11) is 3.93. The number of hydrogen-bond donors (Lipinski definition) is 1. The molecule has 0 amide bonds. The lowest BCUT2D eigenvalue weighted by Gasteiger charge is -2.23. The van der Waals surface area contributed by atoms with Gasteiger partial charge >= 0.3 is 0 Å². The van der Waals surface area contributed by atoms with Crippen LogP contribution in [0, 0.1) is 0 Å². The number of hydrogen-bond acceptors (Lipinski definition) is 6. The molecular weight excluding hydrogens is 362 g/mol. The standard InChI is InChI=1S/C23H37N5O/c1-9-16(10-2)29-23-21(24-7)27-20(18(11-3)26-23)17-13-14-19(15(5)6)25-22(17)28(8)12-4/h13-16H,9-12H2,1-8H3,(H,24,27). The zero-order chi connectivity index (χ0) is 21.6. The van der Waals surface area contributed by atoms with Crippen LogP contribution in [0.2, 0.25) is 0 Å². The Hall–Kier alpha value is -2.37. The summed E-state index contributed by atoms with van der Waals surface area (Å²) in [5.74, 6) is 2.56. The second-order valence-corrected chi connectivity index (χ2v) is 7.61. The number of anilines is 2. The summed E-state index contributed by atoms with van der Waals surface area (Å²) in [5.41, 5.74) is 3.88. The van der Waals surface area contributed by atoms with Gasteiger partial charge in [-0.25, -0.2) is 15.0 Å². The van der Waals surface area contributed by atoms with Crippen LogP contribution in [-0.2, 0) is 6.42 Å². The van der Waals surface area contributed by atoms with Crippen LogP contribution in [0.3, 0.4) is 0 Å². The summed E-state index contributed by atoms with van der Waals surface area (Å²) in [6.07, 6.45) is 2.79. The van der Waals surface area contributed by atoms with Gasteiger partial charge in [0.15, 0.2) is 5.82 Å². The Morgan fingerprint density at radius 2 is 1.72 bits per heavy atom. The largest absolute Gasteiger partial charge is 0.472 e. The van der Waals surface area contributed by atoms with Crippen LogP contribution in [0.15, 0.2) is 12.1 Å². The van der Waals surface area contributed by atoms with Gasteiger partial charge in [-0.2, -0.15) is 0 Å². The van der Waals surface area contributed by atoms with Gasteiger partial charge in [0, 0.05) is 31.9 Å². The van der Waals surface area contributed by atoms with Gasteiger partial charge < -0.3 is 15.0 Å². The van der Waals surface area contributed by atoms with Gasteiger partial charge in [-0.15, -0.1) is 0 Å². The summed E-state index contributed by atoms with van der Waals surface area (Å²) >= 11 is 0. The SMILES string of the molecule is CCc1nc(OC(CC)CC)c(NC)nc1-c1ccc(C(C)C)nc1N(C)CC. The number of rotatable bonds is 10. The lowest BCUT2D eigenvalue weighted by atomic mass is 10.0. The van der Waals surface area contributed by atoms with Crippen molar-refractivity contribution in [2.45, 2.75) is 72.8 Å². The van der Waals surface area contributed by atoms with Crippen molar-refractivity contribution in [3.05, 3.63) is 23.5 Å². The predicted molar refractivity (Wildman–Crippen MR) is 122 cm³/mol. The van der Waals surface area contributed by atoms with Crippen LogP contribution in [0.5, 0.6) is 5.88 Å². The fourth-order valence-electron chi connectivity index (χ4n) is 3.18. The molecule has 0 aromatic carbocycles. The zero-order valence-corrected chi connectivity index (χ0v) is 19.3. The molecule has 2 heterocycles. The van der Waals surface area contributed by atoms with Gasteiger partial charge in [-0.05, 0) is 44.2 Å². The molecule has 0 unspecified atom stereocenters. The van der Waals surface area contributed by atoms with E-state index in [1.165, 1.54) is 0 Å². The van der Waals surface area contributed by atoms with Crippen molar-refractivity contribution in [2.75, 3.05) is 30.9 Å². The molecule has 0 fully saturated rings. The number of nitrogens with one attached hydrogen (secondary N) is 1. The molecule has 160 valence electrons. The summed E-state index contributed by atoms with van der Waals surface area (Å²) in [4.78, 5) is 16.9. The van der Waals surface area contributed by atoms with E-state index in [2.05, 4.69) is 70.9 Å². The molecule has 29 heavy (non-hydrogen) atoms. The molecule has 0 atom stereocenters. The molecule has 0 radical (unpaired) electrons. The fourth-order valence-corrected chi connectivity index (χ4v) is 3.18. The molecule has 2 aromatic rings. The Morgan fingerprint density at radius 3 is 2.24 bits per heavy atom. The Morgan fingerprint density at radius 1 is 1.03 bits per heavy atom. The minimum Gasteiger partial charge on any atom is -0.472 e. The number of pyridine rings is 1. The molecule has 0 saturated heterocycles. The lowest BCUT2D eigenvalue weighted by Crippen LogP contribution is -2.20. The maximum atomic E-state index is 6.16. The molecule has 6 nitrogen and oxygen atoms in total. The van der Waals surface area contributed by atoms with Crippen LogP contribution in [0.4, 0.5) is 11.6 Å². The quantitative estimate of drug-likeness (QED) is 0.586. The van der Waals surface area contributed by atoms with Gasteiger partial charge in [0.05, 0.1) is 11.4 Å². The maximum absolute atomic E-state index is 6.16.